The van der Waals surface area contributed by atoms with Gasteiger partial charge < -0.3 is 20.5 Å². The number of anilines is 2. The van der Waals surface area contributed by atoms with E-state index in [4.69, 9.17) is 10.5 Å². The van der Waals surface area contributed by atoms with Crippen molar-refractivity contribution in [3.05, 3.63) is 18.2 Å². The second-order valence-electron chi connectivity index (χ2n) is 3.22. The van der Waals surface area contributed by atoms with Gasteiger partial charge in [-0.1, -0.05) is 0 Å². The number of hydrogen-bond acceptors (Lipinski definition) is 4. The van der Waals surface area contributed by atoms with Crippen molar-refractivity contribution >= 4 is 11.4 Å². The minimum absolute atomic E-state index is 0.183. The Morgan fingerprint density at radius 2 is 2.06 bits per heavy atom. The van der Waals surface area contributed by atoms with Crippen molar-refractivity contribution in [2.75, 3.05) is 31.3 Å². The second kappa shape index (κ2) is 5.62. The molecule has 0 bridgehead atoms. The first kappa shape index (κ1) is 13.4. The van der Waals surface area contributed by atoms with Gasteiger partial charge in [0.15, 0.2) is 0 Å². The van der Waals surface area contributed by atoms with E-state index in [0.717, 1.165) is 6.07 Å². The number of nitrogen functional groups attached to an aromatic ring is 1. The van der Waals surface area contributed by atoms with Crippen molar-refractivity contribution in [2.24, 2.45) is 0 Å². The van der Waals surface area contributed by atoms with Crippen molar-refractivity contribution in [3.63, 3.8) is 0 Å². The lowest BCUT2D eigenvalue weighted by molar-refractivity contribution is -0.274. The van der Waals surface area contributed by atoms with E-state index in [1.165, 1.54) is 12.1 Å². The van der Waals surface area contributed by atoms with Crippen LogP contribution in [0.4, 0.5) is 24.5 Å². The van der Waals surface area contributed by atoms with Crippen LogP contribution in [-0.4, -0.2) is 26.6 Å². The van der Waals surface area contributed by atoms with Crippen LogP contribution in [0.15, 0.2) is 18.2 Å². The topological polar surface area (TPSA) is 56.5 Å². The van der Waals surface area contributed by atoms with E-state index in [0.29, 0.717) is 18.8 Å². The maximum absolute atomic E-state index is 11.9. The normalized spacial score (nSPS) is 11.3. The van der Waals surface area contributed by atoms with Crippen LogP contribution in [0.5, 0.6) is 5.75 Å². The molecule has 17 heavy (non-hydrogen) atoms. The lowest BCUT2D eigenvalue weighted by Crippen LogP contribution is -2.17. The molecule has 7 heteroatoms. The molecule has 1 aromatic carbocycles. The SMILES string of the molecule is COCCNc1ccc(OC(F)(F)F)cc1N. The van der Waals surface area contributed by atoms with E-state index in [1.54, 1.807) is 7.11 Å². The van der Waals surface area contributed by atoms with Gasteiger partial charge in [0, 0.05) is 19.7 Å². The Hall–Kier alpha value is -1.63. The number of halogens is 3. The Bertz CT molecular complexity index is 369. The first-order valence-electron chi connectivity index (χ1n) is 4.80. The molecule has 0 fully saturated rings. The molecule has 0 unspecified atom stereocenters. The third kappa shape index (κ3) is 4.81. The zero-order valence-corrected chi connectivity index (χ0v) is 9.17. The Balaban J connectivity index is 2.66. The Labute approximate surface area is 96.5 Å². The molecule has 0 saturated heterocycles. The molecule has 0 aliphatic rings. The van der Waals surface area contributed by atoms with E-state index in [1.807, 2.05) is 0 Å². The van der Waals surface area contributed by atoms with Gasteiger partial charge >= 0.3 is 6.36 Å². The summed E-state index contributed by atoms with van der Waals surface area (Å²) >= 11 is 0. The first-order chi connectivity index (χ1) is 7.92. The first-order valence-corrected chi connectivity index (χ1v) is 4.80. The molecular formula is C10H13F3N2O2. The predicted octanol–water partition coefficient (Wildman–Crippen LogP) is 2.23. The quantitative estimate of drug-likeness (QED) is 0.621. The van der Waals surface area contributed by atoms with Crippen LogP contribution in [0.3, 0.4) is 0 Å². The van der Waals surface area contributed by atoms with Crippen molar-refractivity contribution in [2.45, 2.75) is 6.36 Å². The number of methoxy groups -OCH3 is 1. The van der Waals surface area contributed by atoms with Crippen molar-refractivity contribution in [3.8, 4) is 5.75 Å². The molecule has 0 aliphatic heterocycles. The molecule has 0 aliphatic carbocycles. The number of benzene rings is 1. The monoisotopic (exact) mass is 250 g/mol. The second-order valence-corrected chi connectivity index (χ2v) is 3.22. The largest absolute Gasteiger partial charge is 0.573 e. The highest BCUT2D eigenvalue weighted by atomic mass is 19.4. The maximum Gasteiger partial charge on any atom is 0.573 e. The van der Waals surface area contributed by atoms with Gasteiger partial charge in [-0.15, -0.1) is 13.2 Å². The summed E-state index contributed by atoms with van der Waals surface area (Å²) in [5.74, 6) is -0.340. The molecule has 0 heterocycles. The molecule has 96 valence electrons. The molecule has 1 aromatic rings. The van der Waals surface area contributed by atoms with Crippen molar-refractivity contribution in [1.82, 2.24) is 0 Å². The maximum atomic E-state index is 11.9. The average molecular weight is 250 g/mol. The van der Waals surface area contributed by atoms with Crippen LogP contribution < -0.4 is 15.8 Å². The van der Waals surface area contributed by atoms with E-state index in [-0.39, 0.29) is 11.4 Å². The summed E-state index contributed by atoms with van der Waals surface area (Å²) in [6.07, 6.45) is -4.71. The van der Waals surface area contributed by atoms with Crippen LogP contribution in [0.2, 0.25) is 0 Å². The molecule has 4 nitrogen and oxygen atoms in total. The Kier molecular flexibility index (Phi) is 4.45. The number of hydrogen-bond donors (Lipinski definition) is 2. The molecule has 0 atom stereocenters. The van der Waals surface area contributed by atoms with Crippen LogP contribution in [-0.2, 0) is 4.74 Å². The zero-order valence-electron chi connectivity index (χ0n) is 9.17. The van der Waals surface area contributed by atoms with Gasteiger partial charge in [-0.25, -0.2) is 0 Å². The summed E-state index contributed by atoms with van der Waals surface area (Å²) in [6, 6.07) is 3.73. The minimum Gasteiger partial charge on any atom is -0.406 e. The highest BCUT2D eigenvalue weighted by molar-refractivity contribution is 5.68. The van der Waals surface area contributed by atoms with Crippen LogP contribution in [0.1, 0.15) is 0 Å². The number of ether oxygens (including phenoxy) is 2. The van der Waals surface area contributed by atoms with Gasteiger partial charge in [-0.3, -0.25) is 0 Å². The van der Waals surface area contributed by atoms with Crippen molar-refractivity contribution < 1.29 is 22.6 Å². The van der Waals surface area contributed by atoms with Gasteiger partial charge in [-0.2, -0.15) is 0 Å². The summed E-state index contributed by atoms with van der Waals surface area (Å²) in [7, 11) is 1.55. The zero-order chi connectivity index (χ0) is 12.9. The summed E-state index contributed by atoms with van der Waals surface area (Å²) in [5.41, 5.74) is 6.29. The highest BCUT2D eigenvalue weighted by Gasteiger charge is 2.31. The van der Waals surface area contributed by atoms with Gasteiger partial charge in [0.25, 0.3) is 0 Å². The molecule has 0 aromatic heterocycles. The standard InChI is InChI=1S/C10H13F3N2O2/c1-16-5-4-15-9-3-2-7(6-8(9)14)17-10(11,12)13/h2-3,6,15H,4-5,14H2,1H3. The summed E-state index contributed by atoms with van der Waals surface area (Å²) in [5, 5.41) is 2.92. The van der Waals surface area contributed by atoms with E-state index in [2.05, 4.69) is 10.1 Å². The third-order valence-corrected chi connectivity index (χ3v) is 1.88. The third-order valence-electron chi connectivity index (χ3n) is 1.88. The average Bonchev–Trinajstić information content (AvgIpc) is 2.19. The lowest BCUT2D eigenvalue weighted by Gasteiger charge is -2.12. The minimum atomic E-state index is -4.71. The van der Waals surface area contributed by atoms with E-state index < -0.39 is 6.36 Å². The molecule has 0 amide bonds. The molecule has 0 spiro atoms. The van der Waals surface area contributed by atoms with Crippen LogP contribution >= 0.6 is 0 Å². The van der Waals surface area contributed by atoms with Crippen LogP contribution in [0.25, 0.3) is 0 Å². The predicted molar refractivity (Wildman–Crippen MR) is 57.9 cm³/mol. The summed E-state index contributed by atoms with van der Waals surface area (Å²) < 4.78 is 44.3. The Morgan fingerprint density at radius 1 is 1.35 bits per heavy atom. The van der Waals surface area contributed by atoms with E-state index in [9.17, 15) is 13.2 Å². The molecule has 1 rings (SSSR count). The summed E-state index contributed by atoms with van der Waals surface area (Å²) in [4.78, 5) is 0. The molecule has 0 radical (unpaired) electrons. The number of rotatable bonds is 5. The fraction of sp³-hybridized carbons (Fsp3) is 0.400. The summed E-state index contributed by atoms with van der Waals surface area (Å²) in [6.45, 7) is 0.987. The molecular weight excluding hydrogens is 237 g/mol. The highest BCUT2D eigenvalue weighted by Crippen LogP contribution is 2.28. The fourth-order valence-electron chi connectivity index (χ4n) is 1.19. The van der Waals surface area contributed by atoms with Gasteiger partial charge in [0.2, 0.25) is 0 Å². The Morgan fingerprint density at radius 3 is 2.59 bits per heavy atom. The smallest absolute Gasteiger partial charge is 0.406 e. The van der Waals surface area contributed by atoms with Crippen molar-refractivity contribution in [1.29, 1.82) is 0 Å². The van der Waals surface area contributed by atoms with E-state index >= 15 is 0 Å². The fourth-order valence-corrected chi connectivity index (χ4v) is 1.19. The van der Waals surface area contributed by atoms with Gasteiger partial charge in [0.05, 0.1) is 18.0 Å². The number of nitrogens with one attached hydrogen (secondary N) is 1. The van der Waals surface area contributed by atoms with Crippen LogP contribution in [0, 0.1) is 0 Å². The lowest BCUT2D eigenvalue weighted by atomic mass is 10.2. The molecule has 0 saturated carbocycles. The molecule has 3 N–H and O–H groups in total. The number of alkyl halides is 3. The number of nitrogens with two attached hydrogens (primary N) is 1. The van der Waals surface area contributed by atoms with Gasteiger partial charge in [-0.05, 0) is 12.1 Å². The van der Waals surface area contributed by atoms with Gasteiger partial charge in [0.1, 0.15) is 5.75 Å².